The van der Waals surface area contributed by atoms with E-state index in [1.807, 2.05) is 0 Å². The highest BCUT2D eigenvalue weighted by Crippen LogP contribution is 2.30. The van der Waals surface area contributed by atoms with E-state index in [1.165, 1.54) is 6.07 Å². The Morgan fingerprint density at radius 1 is 1.38 bits per heavy atom. The van der Waals surface area contributed by atoms with Crippen LogP contribution in [0.5, 0.6) is 5.75 Å². The molecule has 1 saturated heterocycles. The van der Waals surface area contributed by atoms with Crippen molar-refractivity contribution in [3.63, 3.8) is 0 Å². The molecule has 5 heteroatoms. The molecule has 0 aliphatic carbocycles. The van der Waals surface area contributed by atoms with E-state index in [-0.39, 0.29) is 11.9 Å². The minimum absolute atomic E-state index is 0.105. The second-order valence-corrected chi connectivity index (χ2v) is 4.59. The SMILES string of the molecule is Nc1cc(F)c(Br)cc1OC1CCOCC1. The number of benzene rings is 1. The Morgan fingerprint density at radius 2 is 2.06 bits per heavy atom. The number of hydrogen-bond acceptors (Lipinski definition) is 3. The van der Waals surface area contributed by atoms with Crippen LogP contribution in [0.15, 0.2) is 16.6 Å². The van der Waals surface area contributed by atoms with Crippen LogP contribution in [0.4, 0.5) is 10.1 Å². The van der Waals surface area contributed by atoms with Crippen LogP contribution < -0.4 is 10.5 Å². The van der Waals surface area contributed by atoms with Gasteiger partial charge in [0.25, 0.3) is 0 Å². The van der Waals surface area contributed by atoms with Gasteiger partial charge in [-0.15, -0.1) is 0 Å². The van der Waals surface area contributed by atoms with E-state index in [0.717, 1.165) is 12.8 Å². The minimum Gasteiger partial charge on any atom is -0.488 e. The van der Waals surface area contributed by atoms with Gasteiger partial charge in [0.1, 0.15) is 17.7 Å². The average molecular weight is 290 g/mol. The third kappa shape index (κ3) is 2.65. The van der Waals surface area contributed by atoms with Crippen LogP contribution in [0, 0.1) is 5.82 Å². The maximum atomic E-state index is 13.1. The van der Waals surface area contributed by atoms with Gasteiger partial charge >= 0.3 is 0 Å². The van der Waals surface area contributed by atoms with Crippen molar-refractivity contribution < 1.29 is 13.9 Å². The van der Waals surface area contributed by atoms with Gasteiger partial charge < -0.3 is 15.2 Å². The highest BCUT2D eigenvalue weighted by molar-refractivity contribution is 9.10. The average Bonchev–Trinajstić information content (AvgIpc) is 2.27. The summed E-state index contributed by atoms with van der Waals surface area (Å²) in [5, 5.41) is 0. The molecule has 1 aliphatic heterocycles. The zero-order valence-corrected chi connectivity index (χ0v) is 10.3. The summed E-state index contributed by atoms with van der Waals surface area (Å²) >= 11 is 3.11. The maximum absolute atomic E-state index is 13.1. The van der Waals surface area contributed by atoms with Crippen molar-refractivity contribution in [3.05, 3.63) is 22.4 Å². The van der Waals surface area contributed by atoms with Gasteiger partial charge in [0, 0.05) is 18.9 Å². The van der Waals surface area contributed by atoms with Gasteiger partial charge in [0.05, 0.1) is 23.4 Å². The van der Waals surface area contributed by atoms with Gasteiger partial charge in [-0.05, 0) is 22.0 Å². The fraction of sp³-hybridized carbons (Fsp3) is 0.455. The van der Waals surface area contributed by atoms with Crippen LogP contribution in [0.1, 0.15) is 12.8 Å². The van der Waals surface area contributed by atoms with E-state index >= 15 is 0 Å². The van der Waals surface area contributed by atoms with Gasteiger partial charge in [-0.3, -0.25) is 0 Å². The van der Waals surface area contributed by atoms with Crippen molar-refractivity contribution in [2.75, 3.05) is 18.9 Å². The second-order valence-electron chi connectivity index (χ2n) is 3.73. The number of ether oxygens (including phenoxy) is 2. The van der Waals surface area contributed by atoms with Crippen LogP contribution in [0.25, 0.3) is 0 Å². The minimum atomic E-state index is -0.378. The van der Waals surface area contributed by atoms with Crippen molar-refractivity contribution >= 4 is 21.6 Å². The van der Waals surface area contributed by atoms with Crippen molar-refractivity contribution in [1.82, 2.24) is 0 Å². The smallest absolute Gasteiger partial charge is 0.143 e. The summed E-state index contributed by atoms with van der Waals surface area (Å²) in [6.45, 7) is 1.40. The van der Waals surface area contributed by atoms with Crippen LogP contribution in [-0.4, -0.2) is 19.3 Å². The molecule has 0 radical (unpaired) electrons. The molecule has 1 fully saturated rings. The molecule has 88 valence electrons. The monoisotopic (exact) mass is 289 g/mol. The van der Waals surface area contributed by atoms with Crippen LogP contribution in [0.3, 0.4) is 0 Å². The molecule has 16 heavy (non-hydrogen) atoms. The molecule has 1 aromatic carbocycles. The molecule has 0 atom stereocenters. The molecule has 0 bridgehead atoms. The number of halogens is 2. The van der Waals surface area contributed by atoms with E-state index < -0.39 is 0 Å². The maximum Gasteiger partial charge on any atom is 0.143 e. The first-order chi connectivity index (χ1) is 7.66. The first kappa shape index (κ1) is 11.7. The highest BCUT2D eigenvalue weighted by atomic mass is 79.9. The summed E-state index contributed by atoms with van der Waals surface area (Å²) in [7, 11) is 0. The first-order valence-corrected chi connectivity index (χ1v) is 5.95. The third-order valence-electron chi connectivity index (χ3n) is 2.51. The van der Waals surface area contributed by atoms with Gasteiger partial charge in [-0.1, -0.05) is 0 Å². The molecule has 0 saturated carbocycles. The molecular weight excluding hydrogens is 277 g/mol. The van der Waals surface area contributed by atoms with E-state index in [4.69, 9.17) is 15.2 Å². The summed E-state index contributed by atoms with van der Waals surface area (Å²) in [6.07, 6.45) is 1.79. The van der Waals surface area contributed by atoms with Crippen molar-refractivity contribution in [2.45, 2.75) is 18.9 Å². The van der Waals surface area contributed by atoms with Gasteiger partial charge in [-0.25, -0.2) is 4.39 Å². The fourth-order valence-electron chi connectivity index (χ4n) is 1.62. The molecule has 2 N–H and O–H groups in total. The second kappa shape index (κ2) is 5.01. The predicted octanol–water partition coefficient (Wildman–Crippen LogP) is 2.73. The van der Waals surface area contributed by atoms with E-state index in [1.54, 1.807) is 6.07 Å². The van der Waals surface area contributed by atoms with Crippen molar-refractivity contribution in [3.8, 4) is 5.75 Å². The Balaban J connectivity index is 2.11. The Kier molecular flexibility index (Phi) is 3.66. The molecule has 3 nitrogen and oxygen atoms in total. The summed E-state index contributed by atoms with van der Waals surface area (Å²) in [5.41, 5.74) is 6.02. The standard InChI is InChI=1S/C11H13BrFNO2/c12-8-5-11(10(14)6-9(8)13)16-7-1-3-15-4-2-7/h5-7H,1-4,14H2. The number of anilines is 1. The molecule has 1 aliphatic rings. The van der Waals surface area contributed by atoms with Crippen LogP contribution >= 0.6 is 15.9 Å². The normalized spacial score (nSPS) is 17.4. The molecular formula is C11H13BrFNO2. The van der Waals surface area contributed by atoms with Crippen LogP contribution in [0.2, 0.25) is 0 Å². The lowest BCUT2D eigenvalue weighted by Gasteiger charge is -2.24. The van der Waals surface area contributed by atoms with E-state index in [9.17, 15) is 4.39 Å². The number of nitrogen functional groups attached to an aromatic ring is 1. The van der Waals surface area contributed by atoms with Gasteiger partial charge in [0.15, 0.2) is 0 Å². The molecule has 0 amide bonds. The number of nitrogens with two attached hydrogens (primary N) is 1. The number of rotatable bonds is 2. The summed E-state index contributed by atoms with van der Waals surface area (Å²) in [4.78, 5) is 0. The molecule has 1 heterocycles. The lowest BCUT2D eigenvalue weighted by atomic mass is 10.1. The van der Waals surface area contributed by atoms with Crippen molar-refractivity contribution in [1.29, 1.82) is 0 Å². The van der Waals surface area contributed by atoms with E-state index in [2.05, 4.69) is 15.9 Å². The Morgan fingerprint density at radius 3 is 2.75 bits per heavy atom. The van der Waals surface area contributed by atoms with E-state index in [0.29, 0.717) is 29.1 Å². The zero-order chi connectivity index (χ0) is 11.5. The fourth-order valence-corrected chi connectivity index (χ4v) is 1.94. The predicted molar refractivity (Wildman–Crippen MR) is 63.0 cm³/mol. The lowest BCUT2D eigenvalue weighted by molar-refractivity contribution is 0.0258. The summed E-state index contributed by atoms with van der Waals surface area (Å²) in [5.74, 6) is 0.150. The molecule has 2 rings (SSSR count). The highest BCUT2D eigenvalue weighted by Gasteiger charge is 2.17. The zero-order valence-electron chi connectivity index (χ0n) is 8.71. The number of hydrogen-bond donors (Lipinski definition) is 1. The lowest BCUT2D eigenvalue weighted by Crippen LogP contribution is -2.26. The summed E-state index contributed by atoms with van der Waals surface area (Å²) in [6, 6.07) is 2.83. The van der Waals surface area contributed by atoms with Gasteiger partial charge in [-0.2, -0.15) is 0 Å². The third-order valence-corrected chi connectivity index (χ3v) is 3.12. The largest absolute Gasteiger partial charge is 0.488 e. The molecule has 0 spiro atoms. The Labute approximate surface area is 102 Å². The molecule has 1 aromatic rings. The Bertz CT molecular complexity index is 380. The molecule has 0 aromatic heterocycles. The molecule has 0 unspecified atom stereocenters. The quantitative estimate of drug-likeness (QED) is 0.852. The first-order valence-electron chi connectivity index (χ1n) is 5.16. The Hall–Kier alpha value is -0.810. The topological polar surface area (TPSA) is 44.5 Å². The summed E-state index contributed by atoms with van der Waals surface area (Å²) < 4.78 is 24.5. The van der Waals surface area contributed by atoms with Crippen molar-refractivity contribution in [2.24, 2.45) is 0 Å². The van der Waals surface area contributed by atoms with Gasteiger partial charge in [0.2, 0.25) is 0 Å². The van der Waals surface area contributed by atoms with Crippen LogP contribution in [-0.2, 0) is 4.74 Å².